The lowest BCUT2D eigenvalue weighted by Gasteiger charge is -2.16. The summed E-state index contributed by atoms with van der Waals surface area (Å²) in [5.41, 5.74) is 3.85. The first-order chi connectivity index (χ1) is 12.9. The molecule has 0 heterocycles. The van der Waals surface area contributed by atoms with Gasteiger partial charge in [0, 0.05) is 18.4 Å². The van der Waals surface area contributed by atoms with Gasteiger partial charge >= 0.3 is 0 Å². The molecule has 1 amide bonds. The highest BCUT2D eigenvalue weighted by Crippen LogP contribution is 2.27. The number of para-hydroxylation sites is 1. The smallest absolute Gasteiger partial charge is 0.267 e. The number of aromatic hydroxyl groups is 1. The van der Waals surface area contributed by atoms with Crippen LogP contribution in [0.3, 0.4) is 0 Å². The first kappa shape index (κ1) is 20.1. The van der Waals surface area contributed by atoms with Crippen molar-refractivity contribution in [2.75, 3.05) is 11.9 Å². The number of carbonyl (C=O) groups excluding carboxylic acids is 1. The predicted molar refractivity (Wildman–Crippen MR) is 107 cm³/mol. The number of phenols is 1. The van der Waals surface area contributed by atoms with E-state index in [0.717, 1.165) is 22.4 Å². The third-order valence-electron chi connectivity index (χ3n) is 4.27. The molecule has 2 aromatic rings. The van der Waals surface area contributed by atoms with Crippen molar-refractivity contribution in [1.82, 2.24) is 5.32 Å². The lowest BCUT2D eigenvalue weighted by atomic mass is 9.98. The van der Waals surface area contributed by atoms with Crippen LogP contribution in [0, 0.1) is 18.3 Å². The molecule has 0 aliphatic carbocycles. The highest BCUT2D eigenvalue weighted by molar-refractivity contribution is 6.07. The number of phenolic OH excluding ortho intramolecular Hbond substituents is 1. The molecule has 3 N–H and O–H groups in total. The van der Waals surface area contributed by atoms with Gasteiger partial charge in [-0.1, -0.05) is 44.2 Å². The average Bonchev–Trinajstić information content (AvgIpc) is 2.64. The van der Waals surface area contributed by atoms with Crippen molar-refractivity contribution in [1.29, 1.82) is 5.26 Å². The third-order valence-corrected chi connectivity index (χ3v) is 4.27. The Bertz CT molecular complexity index is 862. The Morgan fingerprint density at radius 2 is 1.93 bits per heavy atom. The van der Waals surface area contributed by atoms with Gasteiger partial charge in [-0.2, -0.15) is 5.26 Å². The maximum absolute atomic E-state index is 12.5. The number of nitrogens with zero attached hydrogens (tertiary/aromatic N) is 1. The molecule has 0 radical (unpaired) electrons. The van der Waals surface area contributed by atoms with E-state index in [0.29, 0.717) is 13.0 Å². The van der Waals surface area contributed by atoms with Gasteiger partial charge in [-0.15, -0.1) is 0 Å². The van der Waals surface area contributed by atoms with E-state index in [4.69, 9.17) is 0 Å². The molecular weight excluding hydrogens is 338 g/mol. The molecule has 0 spiro atoms. The van der Waals surface area contributed by atoms with Crippen molar-refractivity contribution < 1.29 is 9.90 Å². The van der Waals surface area contributed by atoms with E-state index in [2.05, 4.69) is 24.5 Å². The molecule has 0 aromatic heterocycles. The van der Waals surface area contributed by atoms with E-state index in [1.165, 1.54) is 6.20 Å². The van der Waals surface area contributed by atoms with Gasteiger partial charge in [0.15, 0.2) is 0 Å². The molecule has 0 fully saturated rings. The maximum Gasteiger partial charge on any atom is 0.267 e. The number of benzene rings is 2. The minimum atomic E-state index is -0.425. The monoisotopic (exact) mass is 363 g/mol. The number of rotatable bonds is 7. The lowest BCUT2D eigenvalue weighted by molar-refractivity contribution is -0.112. The van der Waals surface area contributed by atoms with Crippen LogP contribution in [0.25, 0.3) is 0 Å². The summed E-state index contributed by atoms with van der Waals surface area (Å²) in [5, 5.41) is 24.5. The molecule has 2 aromatic carbocycles. The topological polar surface area (TPSA) is 85.2 Å². The zero-order chi connectivity index (χ0) is 19.8. The lowest BCUT2D eigenvalue weighted by Crippen LogP contribution is -2.19. The quantitative estimate of drug-likeness (QED) is 0.394. The second kappa shape index (κ2) is 9.44. The normalized spacial score (nSPS) is 11.1. The van der Waals surface area contributed by atoms with E-state index >= 15 is 0 Å². The maximum atomic E-state index is 12.5. The highest BCUT2D eigenvalue weighted by atomic mass is 16.3. The van der Waals surface area contributed by atoms with Gasteiger partial charge in [-0.3, -0.25) is 4.79 Å². The van der Waals surface area contributed by atoms with Crippen LogP contribution in [-0.4, -0.2) is 17.6 Å². The highest BCUT2D eigenvalue weighted by Gasteiger charge is 2.15. The number of anilines is 1. The summed E-state index contributed by atoms with van der Waals surface area (Å²) >= 11 is 0. The molecule has 0 saturated heterocycles. The number of hydrogen-bond acceptors (Lipinski definition) is 4. The molecule has 2 rings (SSSR count). The molecule has 0 saturated carbocycles. The summed E-state index contributed by atoms with van der Waals surface area (Å²) in [4.78, 5) is 12.5. The summed E-state index contributed by atoms with van der Waals surface area (Å²) < 4.78 is 0. The summed E-state index contributed by atoms with van der Waals surface area (Å²) in [7, 11) is 0. The van der Waals surface area contributed by atoms with Gasteiger partial charge in [0.2, 0.25) is 0 Å². The molecule has 0 atom stereocenters. The average molecular weight is 363 g/mol. The molecule has 27 heavy (non-hydrogen) atoms. The third kappa shape index (κ3) is 5.61. The predicted octanol–water partition coefficient (Wildman–Crippen LogP) is 4.00. The number of amides is 1. The minimum Gasteiger partial charge on any atom is -0.508 e. The van der Waals surface area contributed by atoms with Crippen LogP contribution >= 0.6 is 0 Å². The first-order valence-electron chi connectivity index (χ1n) is 8.94. The Labute approximate surface area is 160 Å². The van der Waals surface area contributed by atoms with Crippen molar-refractivity contribution >= 4 is 11.6 Å². The zero-order valence-corrected chi connectivity index (χ0v) is 15.9. The molecule has 0 unspecified atom stereocenters. The summed E-state index contributed by atoms with van der Waals surface area (Å²) in [6, 6.07) is 14.8. The van der Waals surface area contributed by atoms with Crippen LogP contribution < -0.4 is 10.6 Å². The molecule has 0 aliphatic heterocycles. The molecule has 5 nitrogen and oxygen atoms in total. The Morgan fingerprint density at radius 3 is 2.56 bits per heavy atom. The van der Waals surface area contributed by atoms with E-state index in [9.17, 15) is 15.2 Å². The second-order valence-electron chi connectivity index (χ2n) is 6.69. The first-order valence-corrected chi connectivity index (χ1v) is 8.94. The van der Waals surface area contributed by atoms with Crippen LogP contribution in [0.4, 0.5) is 5.69 Å². The summed E-state index contributed by atoms with van der Waals surface area (Å²) in [6.45, 7) is 6.64. The molecule has 5 heteroatoms. The van der Waals surface area contributed by atoms with Crippen LogP contribution in [0.5, 0.6) is 5.75 Å². The van der Waals surface area contributed by atoms with Gasteiger partial charge in [-0.05, 0) is 48.1 Å². The van der Waals surface area contributed by atoms with Gasteiger partial charge in [0.25, 0.3) is 5.91 Å². The van der Waals surface area contributed by atoms with E-state index in [1.807, 2.05) is 43.3 Å². The van der Waals surface area contributed by atoms with Crippen molar-refractivity contribution in [2.24, 2.45) is 0 Å². The van der Waals surface area contributed by atoms with E-state index in [1.54, 1.807) is 12.1 Å². The Morgan fingerprint density at radius 1 is 1.22 bits per heavy atom. The number of nitriles is 1. The van der Waals surface area contributed by atoms with Crippen molar-refractivity contribution in [3.05, 3.63) is 70.9 Å². The number of hydrogen-bond donors (Lipinski definition) is 3. The fourth-order valence-corrected chi connectivity index (χ4v) is 2.73. The van der Waals surface area contributed by atoms with Crippen LogP contribution in [0.2, 0.25) is 0 Å². The van der Waals surface area contributed by atoms with Crippen LogP contribution in [-0.2, 0) is 11.2 Å². The van der Waals surface area contributed by atoms with Crippen molar-refractivity contribution in [3.8, 4) is 11.8 Å². The number of nitrogens with one attached hydrogen (secondary N) is 2. The number of aryl methyl sites for hydroxylation is 1. The van der Waals surface area contributed by atoms with E-state index in [-0.39, 0.29) is 17.2 Å². The van der Waals surface area contributed by atoms with Crippen LogP contribution in [0.15, 0.2) is 54.2 Å². The van der Waals surface area contributed by atoms with E-state index < -0.39 is 5.91 Å². The van der Waals surface area contributed by atoms with Crippen LogP contribution in [0.1, 0.15) is 36.5 Å². The largest absolute Gasteiger partial charge is 0.508 e. The fraction of sp³-hybridized carbons (Fsp3) is 0.273. The zero-order valence-electron chi connectivity index (χ0n) is 15.9. The molecule has 0 aliphatic rings. The summed E-state index contributed by atoms with van der Waals surface area (Å²) in [5.74, 6) is 0.0657. The van der Waals surface area contributed by atoms with Crippen molar-refractivity contribution in [2.45, 2.75) is 33.1 Å². The Balaban J connectivity index is 2.00. The molecule has 0 bridgehead atoms. The Hall–Kier alpha value is -3.26. The molecule has 140 valence electrons. The van der Waals surface area contributed by atoms with Gasteiger partial charge in [0.05, 0.1) is 0 Å². The standard InChI is InChI=1S/C22H25N3O2/c1-15(2)20-6-4-5-16(3)21(20)25-22(27)18(13-23)14-24-12-11-17-7-9-19(26)10-8-17/h4-10,14-15,24,26H,11-12H2,1-3H3,(H,25,27)/b18-14-. The minimum absolute atomic E-state index is 0.0265. The van der Waals surface area contributed by atoms with Gasteiger partial charge in [0.1, 0.15) is 17.4 Å². The van der Waals surface area contributed by atoms with Gasteiger partial charge < -0.3 is 15.7 Å². The van der Waals surface area contributed by atoms with Crippen molar-refractivity contribution in [3.63, 3.8) is 0 Å². The number of carbonyl (C=O) groups is 1. The summed E-state index contributed by atoms with van der Waals surface area (Å²) in [6.07, 6.45) is 2.16. The second-order valence-corrected chi connectivity index (χ2v) is 6.69. The SMILES string of the molecule is Cc1cccc(C(C)C)c1NC(=O)/C(C#N)=C\NCCc1ccc(O)cc1. The molecular formula is C22H25N3O2. The Kier molecular flexibility index (Phi) is 7.01. The van der Waals surface area contributed by atoms with Gasteiger partial charge in [-0.25, -0.2) is 0 Å². The fourth-order valence-electron chi connectivity index (χ4n) is 2.73.